The molecule has 0 aromatic heterocycles. The van der Waals surface area contributed by atoms with Crippen molar-refractivity contribution in [3.8, 4) is 0 Å². The quantitative estimate of drug-likeness (QED) is 0.898. The lowest BCUT2D eigenvalue weighted by atomic mass is 10.1. The number of hydrogen-bond acceptors (Lipinski definition) is 3. The summed E-state index contributed by atoms with van der Waals surface area (Å²) in [5.41, 5.74) is 0. The second-order valence-electron chi connectivity index (χ2n) is 4.24. The summed E-state index contributed by atoms with van der Waals surface area (Å²) in [6, 6.07) is 4.31. The summed E-state index contributed by atoms with van der Waals surface area (Å²) in [7, 11) is -3.62. The summed E-state index contributed by atoms with van der Waals surface area (Å²) in [5, 5.41) is 3.67. The van der Waals surface area contributed by atoms with Crippen molar-refractivity contribution in [2.24, 2.45) is 0 Å². The fraction of sp³-hybridized carbons (Fsp3) is 0.455. The van der Waals surface area contributed by atoms with Gasteiger partial charge in [0.25, 0.3) is 0 Å². The van der Waals surface area contributed by atoms with E-state index in [1.807, 2.05) is 0 Å². The average molecular weight is 309 g/mol. The Kier molecular flexibility index (Phi) is 4.50. The fourth-order valence-electron chi connectivity index (χ4n) is 1.92. The zero-order valence-electron chi connectivity index (χ0n) is 9.62. The van der Waals surface area contributed by atoms with Crippen LogP contribution in [0.15, 0.2) is 23.1 Å². The van der Waals surface area contributed by atoms with E-state index in [9.17, 15) is 8.42 Å². The highest BCUT2D eigenvalue weighted by molar-refractivity contribution is 7.89. The number of rotatable bonds is 3. The topological polar surface area (TPSA) is 58.2 Å². The van der Waals surface area contributed by atoms with Crippen LogP contribution in [0.2, 0.25) is 10.0 Å². The molecule has 1 aliphatic heterocycles. The first-order chi connectivity index (χ1) is 8.49. The second kappa shape index (κ2) is 5.75. The number of halogens is 2. The van der Waals surface area contributed by atoms with E-state index in [1.165, 1.54) is 12.1 Å². The van der Waals surface area contributed by atoms with Crippen molar-refractivity contribution >= 4 is 33.2 Å². The van der Waals surface area contributed by atoms with Gasteiger partial charge >= 0.3 is 0 Å². The Hall–Kier alpha value is -0.330. The molecular formula is C11H14Cl2N2O2S. The zero-order chi connectivity index (χ0) is 13.2. The summed E-state index contributed by atoms with van der Waals surface area (Å²) in [4.78, 5) is 0.0299. The molecule has 1 aromatic carbocycles. The van der Waals surface area contributed by atoms with Gasteiger partial charge in [-0.1, -0.05) is 23.2 Å². The van der Waals surface area contributed by atoms with Crippen LogP contribution in [-0.4, -0.2) is 27.5 Å². The molecule has 0 unspecified atom stereocenters. The van der Waals surface area contributed by atoms with Gasteiger partial charge in [-0.2, -0.15) is 0 Å². The smallest absolute Gasteiger partial charge is 0.242 e. The second-order valence-corrected chi connectivity index (χ2v) is 6.77. The summed E-state index contributed by atoms with van der Waals surface area (Å²) >= 11 is 11.7. The van der Waals surface area contributed by atoms with Crippen LogP contribution in [-0.2, 0) is 10.0 Å². The van der Waals surface area contributed by atoms with Gasteiger partial charge in [0, 0.05) is 17.6 Å². The summed E-state index contributed by atoms with van der Waals surface area (Å²) in [5.74, 6) is 0. The minimum absolute atomic E-state index is 0.0299. The van der Waals surface area contributed by atoms with Crippen molar-refractivity contribution in [2.45, 2.75) is 23.8 Å². The molecule has 2 rings (SSSR count). The van der Waals surface area contributed by atoms with Crippen LogP contribution in [0.25, 0.3) is 0 Å². The first-order valence-corrected chi connectivity index (χ1v) is 7.91. The standard InChI is InChI=1S/C11H14Cl2N2O2S/c12-8-3-4-10(13)11(6-8)18(16,17)15-9-2-1-5-14-7-9/h3-4,6,9,14-15H,1-2,5,7H2/t9-/m1/s1. The highest BCUT2D eigenvalue weighted by Gasteiger charge is 2.23. The molecule has 1 atom stereocenters. The Balaban J connectivity index is 2.21. The highest BCUT2D eigenvalue weighted by atomic mass is 35.5. The first kappa shape index (κ1) is 14.1. The summed E-state index contributed by atoms with van der Waals surface area (Å²) in [6.45, 7) is 1.56. The molecule has 0 saturated carbocycles. The molecule has 2 N–H and O–H groups in total. The number of nitrogens with one attached hydrogen (secondary N) is 2. The Bertz CT molecular complexity index is 528. The molecule has 1 heterocycles. The molecule has 1 fully saturated rings. The lowest BCUT2D eigenvalue weighted by Gasteiger charge is -2.23. The first-order valence-electron chi connectivity index (χ1n) is 5.67. The predicted molar refractivity (Wildman–Crippen MR) is 72.7 cm³/mol. The van der Waals surface area contributed by atoms with Gasteiger partial charge in [-0.05, 0) is 37.6 Å². The number of sulfonamides is 1. The molecule has 0 bridgehead atoms. The predicted octanol–water partition coefficient (Wildman–Crippen LogP) is 2.02. The molecule has 1 aliphatic rings. The van der Waals surface area contributed by atoms with Crippen LogP contribution in [0.1, 0.15) is 12.8 Å². The normalized spacial score (nSPS) is 20.9. The summed E-state index contributed by atoms with van der Waals surface area (Å²) < 4.78 is 27.0. The summed E-state index contributed by atoms with van der Waals surface area (Å²) in [6.07, 6.45) is 1.78. The Morgan fingerprint density at radius 3 is 2.78 bits per heavy atom. The lowest BCUT2D eigenvalue weighted by Crippen LogP contribution is -2.45. The van der Waals surface area contributed by atoms with E-state index in [0.717, 1.165) is 19.4 Å². The molecular weight excluding hydrogens is 295 g/mol. The van der Waals surface area contributed by atoms with Gasteiger partial charge < -0.3 is 5.32 Å². The molecule has 0 aliphatic carbocycles. The third-order valence-electron chi connectivity index (χ3n) is 2.80. The third kappa shape index (κ3) is 3.36. The van der Waals surface area contributed by atoms with Crippen molar-refractivity contribution in [1.82, 2.24) is 10.0 Å². The Morgan fingerprint density at radius 1 is 1.33 bits per heavy atom. The lowest BCUT2D eigenvalue weighted by molar-refractivity contribution is 0.428. The van der Waals surface area contributed by atoms with Crippen LogP contribution in [0.4, 0.5) is 0 Å². The Morgan fingerprint density at radius 2 is 2.11 bits per heavy atom. The van der Waals surface area contributed by atoms with Crippen molar-refractivity contribution in [3.05, 3.63) is 28.2 Å². The minimum atomic E-state index is -3.62. The van der Waals surface area contributed by atoms with Gasteiger partial charge in [0.2, 0.25) is 10.0 Å². The van der Waals surface area contributed by atoms with E-state index in [0.29, 0.717) is 11.6 Å². The van der Waals surface area contributed by atoms with E-state index in [4.69, 9.17) is 23.2 Å². The molecule has 0 amide bonds. The molecule has 7 heteroatoms. The van der Waals surface area contributed by atoms with Crippen molar-refractivity contribution in [1.29, 1.82) is 0 Å². The van der Waals surface area contributed by atoms with Crippen molar-refractivity contribution < 1.29 is 8.42 Å². The Labute approximate surface area is 117 Å². The molecule has 4 nitrogen and oxygen atoms in total. The van der Waals surface area contributed by atoms with Gasteiger partial charge in [0.05, 0.1) is 5.02 Å². The molecule has 1 aromatic rings. The SMILES string of the molecule is O=S(=O)(N[C@@H]1CCCNC1)c1cc(Cl)ccc1Cl. The van der Waals surface area contributed by atoms with Gasteiger partial charge in [-0.3, -0.25) is 0 Å². The minimum Gasteiger partial charge on any atom is -0.315 e. The maximum atomic E-state index is 12.2. The average Bonchev–Trinajstić information content (AvgIpc) is 2.33. The van der Waals surface area contributed by atoms with Crippen LogP contribution in [0.3, 0.4) is 0 Å². The fourth-order valence-corrected chi connectivity index (χ4v) is 3.95. The van der Waals surface area contributed by atoms with Crippen LogP contribution >= 0.6 is 23.2 Å². The third-order valence-corrected chi connectivity index (χ3v) is 5.04. The molecule has 18 heavy (non-hydrogen) atoms. The van der Waals surface area contributed by atoms with E-state index >= 15 is 0 Å². The van der Waals surface area contributed by atoms with E-state index in [1.54, 1.807) is 6.07 Å². The zero-order valence-corrected chi connectivity index (χ0v) is 11.9. The van der Waals surface area contributed by atoms with E-state index in [-0.39, 0.29) is 16.0 Å². The van der Waals surface area contributed by atoms with Gasteiger partial charge in [0.1, 0.15) is 4.90 Å². The van der Waals surface area contributed by atoms with Crippen molar-refractivity contribution in [2.75, 3.05) is 13.1 Å². The highest BCUT2D eigenvalue weighted by Crippen LogP contribution is 2.25. The molecule has 0 spiro atoms. The number of benzene rings is 1. The largest absolute Gasteiger partial charge is 0.315 e. The van der Waals surface area contributed by atoms with Crippen molar-refractivity contribution in [3.63, 3.8) is 0 Å². The number of piperidine rings is 1. The van der Waals surface area contributed by atoms with Crippen LogP contribution < -0.4 is 10.0 Å². The monoisotopic (exact) mass is 308 g/mol. The van der Waals surface area contributed by atoms with Gasteiger partial charge in [0.15, 0.2) is 0 Å². The molecule has 0 radical (unpaired) electrons. The van der Waals surface area contributed by atoms with Crippen LogP contribution in [0.5, 0.6) is 0 Å². The molecule has 100 valence electrons. The van der Waals surface area contributed by atoms with E-state index in [2.05, 4.69) is 10.0 Å². The van der Waals surface area contributed by atoms with Gasteiger partial charge in [-0.25, -0.2) is 13.1 Å². The van der Waals surface area contributed by atoms with Gasteiger partial charge in [-0.15, -0.1) is 0 Å². The number of hydrogen-bond donors (Lipinski definition) is 2. The molecule has 1 saturated heterocycles. The van der Waals surface area contributed by atoms with Crippen LogP contribution in [0, 0.1) is 0 Å². The van der Waals surface area contributed by atoms with E-state index < -0.39 is 10.0 Å². The maximum Gasteiger partial charge on any atom is 0.242 e. The maximum absolute atomic E-state index is 12.2.